The summed E-state index contributed by atoms with van der Waals surface area (Å²) in [5.41, 5.74) is 0.498. The van der Waals surface area contributed by atoms with E-state index in [0.717, 1.165) is 12.2 Å². The van der Waals surface area contributed by atoms with Crippen molar-refractivity contribution in [3.05, 3.63) is 29.8 Å². The van der Waals surface area contributed by atoms with Crippen molar-refractivity contribution >= 4 is 29.1 Å². The molecule has 1 aliphatic carbocycles. The van der Waals surface area contributed by atoms with Gasteiger partial charge in [0.05, 0.1) is 11.5 Å². The van der Waals surface area contributed by atoms with Gasteiger partial charge in [0.1, 0.15) is 16.2 Å². The lowest BCUT2D eigenvalue weighted by Crippen LogP contribution is -2.47. The fourth-order valence-corrected chi connectivity index (χ4v) is 4.64. The SMILES string of the molecule is CCC1(C(=O)NC(C)C2Cc3ccccc3O2)C(C)C1(Cl)Cl. The quantitative estimate of drug-likeness (QED) is 0.847. The molecule has 0 saturated heterocycles. The van der Waals surface area contributed by atoms with Gasteiger partial charge in [0.15, 0.2) is 0 Å². The van der Waals surface area contributed by atoms with Crippen LogP contribution in [0.3, 0.4) is 0 Å². The van der Waals surface area contributed by atoms with E-state index < -0.39 is 9.75 Å². The summed E-state index contributed by atoms with van der Waals surface area (Å²) < 4.78 is 4.97. The Bertz CT molecular complexity index is 579. The molecule has 1 heterocycles. The van der Waals surface area contributed by atoms with Crippen LogP contribution in [0.4, 0.5) is 0 Å². The zero-order chi connectivity index (χ0) is 16.1. The highest BCUT2D eigenvalue weighted by Gasteiger charge is 2.76. The maximum Gasteiger partial charge on any atom is 0.229 e. The number of amides is 1. The van der Waals surface area contributed by atoms with Crippen molar-refractivity contribution in [2.45, 2.75) is 50.1 Å². The summed E-state index contributed by atoms with van der Waals surface area (Å²) >= 11 is 12.6. The Morgan fingerprint density at radius 2 is 2.09 bits per heavy atom. The maximum atomic E-state index is 12.7. The van der Waals surface area contributed by atoms with Gasteiger partial charge in [-0.15, -0.1) is 23.2 Å². The van der Waals surface area contributed by atoms with Gasteiger partial charge in [-0.1, -0.05) is 32.0 Å². The Hall–Kier alpha value is -0.930. The molecule has 4 atom stereocenters. The summed E-state index contributed by atoms with van der Waals surface area (Å²) in [5, 5.41) is 3.06. The van der Waals surface area contributed by atoms with Crippen molar-refractivity contribution in [2.75, 3.05) is 0 Å². The van der Waals surface area contributed by atoms with Gasteiger partial charge in [-0.25, -0.2) is 0 Å². The normalized spacial score (nSPS) is 32.8. The average molecular weight is 342 g/mol. The number of para-hydroxylation sites is 1. The summed E-state index contributed by atoms with van der Waals surface area (Å²) in [4.78, 5) is 12.7. The second-order valence-electron chi connectivity index (χ2n) is 6.40. The van der Waals surface area contributed by atoms with E-state index in [-0.39, 0.29) is 24.0 Å². The highest BCUT2D eigenvalue weighted by molar-refractivity contribution is 6.53. The van der Waals surface area contributed by atoms with Gasteiger partial charge in [-0.05, 0) is 25.0 Å². The Morgan fingerprint density at radius 1 is 1.45 bits per heavy atom. The van der Waals surface area contributed by atoms with Crippen molar-refractivity contribution in [2.24, 2.45) is 11.3 Å². The lowest BCUT2D eigenvalue weighted by atomic mass is 9.98. The number of halogens is 2. The molecule has 1 N–H and O–H groups in total. The molecule has 0 aromatic heterocycles. The highest BCUT2D eigenvalue weighted by atomic mass is 35.5. The first-order valence-corrected chi connectivity index (χ1v) is 8.53. The van der Waals surface area contributed by atoms with E-state index in [1.807, 2.05) is 39.0 Å². The summed E-state index contributed by atoms with van der Waals surface area (Å²) in [6, 6.07) is 7.88. The first-order valence-electron chi connectivity index (χ1n) is 7.78. The van der Waals surface area contributed by atoms with E-state index in [9.17, 15) is 4.79 Å². The van der Waals surface area contributed by atoms with Gasteiger partial charge in [0, 0.05) is 12.3 Å². The number of rotatable bonds is 4. The van der Waals surface area contributed by atoms with Crippen molar-refractivity contribution in [3.63, 3.8) is 0 Å². The number of hydrogen-bond donors (Lipinski definition) is 1. The molecule has 3 nitrogen and oxygen atoms in total. The van der Waals surface area contributed by atoms with Crippen LogP contribution in [0, 0.1) is 11.3 Å². The molecule has 1 aromatic carbocycles. The van der Waals surface area contributed by atoms with Crippen LogP contribution in [0.1, 0.15) is 32.8 Å². The van der Waals surface area contributed by atoms with Crippen molar-refractivity contribution in [3.8, 4) is 5.75 Å². The fraction of sp³-hybridized carbons (Fsp3) is 0.588. The minimum atomic E-state index is -0.967. The second kappa shape index (κ2) is 5.31. The first-order chi connectivity index (χ1) is 10.3. The minimum absolute atomic E-state index is 0.0396. The molecular formula is C17H21Cl2NO2. The third-order valence-corrected chi connectivity index (χ3v) is 6.67. The summed E-state index contributed by atoms with van der Waals surface area (Å²) in [6.45, 7) is 5.85. The minimum Gasteiger partial charge on any atom is -0.488 e. The number of fused-ring (bicyclic) bond motifs is 1. The number of hydrogen-bond acceptors (Lipinski definition) is 2. The molecule has 22 heavy (non-hydrogen) atoms. The number of alkyl halides is 2. The van der Waals surface area contributed by atoms with Crippen LogP contribution >= 0.6 is 23.2 Å². The van der Waals surface area contributed by atoms with Crippen molar-refractivity contribution in [1.82, 2.24) is 5.32 Å². The third-order valence-electron chi connectivity index (χ3n) is 5.35. The van der Waals surface area contributed by atoms with Crippen LogP contribution in [0.2, 0.25) is 0 Å². The Morgan fingerprint density at radius 3 is 2.64 bits per heavy atom. The molecule has 4 unspecified atom stereocenters. The van der Waals surface area contributed by atoms with E-state index in [1.165, 1.54) is 5.56 Å². The third kappa shape index (κ3) is 2.13. The van der Waals surface area contributed by atoms with Crippen LogP contribution in [-0.4, -0.2) is 22.4 Å². The van der Waals surface area contributed by atoms with Crippen LogP contribution in [0.25, 0.3) is 0 Å². The average Bonchev–Trinajstić information content (AvgIpc) is 2.80. The summed E-state index contributed by atoms with van der Waals surface area (Å²) in [6.07, 6.45) is 1.38. The van der Waals surface area contributed by atoms with E-state index in [2.05, 4.69) is 11.4 Å². The van der Waals surface area contributed by atoms with Crippen LogP contribution in [0.5, 0.6) is 5.75 Å². The topological polar surface area (TPSA) is 38.3 Å². The number of benzene rings is 1. The van der Waals surface area contributed by atoms with E-state index in [4.69, 9.17) is 27.9 Å². The molecule has 1 saturated carbocycles. The predicted octanol–water partition coefficient (Wildman–Crippen LogP) is 3.71. The van der Waals surface area contributed by atoms with E-state index >= 15 is 0 Å². The summed E-state index contributed by atoms with van der Waals surface area (Å²) in [7, 11) is 0. The molecule has 1 fully saturated rings. The largest absolute Gasteiger partial charge is 0.488 e. The van der Waals surface area contributed by atoms with Crippen molar-refractivity contribution < 1.29 is 9.53 Å². The van der Waals surface area contributed by atoms with Gasteiger partial charge in [0.25, 0.3) is 0 Å². The van der Waals surface area contributed by atoms with Gasteiger partial charge >= 0.3 is 0 Å². The predicted molar refractivity (Wildman–Crippen MR) is 88.5 cm³/mol. The summed E-state index contributed by atoms with van der Waals surface area (Å²) in [5.74, 6) is 0.796. The molecule has 3 rings (SSSR count). The zero-order valence-corrected chi connectivity index (χ0v) is 14.5. The number of nitrogens with one attached hydrogen (secondary N) is 1. The van der Waals surface area contributed by atoms with Crippen LogP contribution in [0.15, 0.2) is 24.3 Å². The number of ether oxygens (including phenoxy) is 1. The van der Waals surface area contributed by atoms with Gasteiger partial charge < -0.3 is 10.1 Å². The highest BCUT2D eigenvalue weighted by Crippen LogP contribution is 2.70. The molecule has 5 heteroatoms. The number of carbonyl (C=O) groups is 1. The van der Waals surface area contributed by atoms with E-state index in [1.54, 1.807) is 0 Å². The Balaban J connectivity index is 1.66. The number of carbonyl (C=O) groups excluding carboxylic acids is 1. The maximum absolute atomic E-state index is 12.7. The molecule has 1 aromatic rings. The molecule has 0 bridgehead atoms. The molecule has 0 radical (unpaired) electrons. The molecule has 2 aliphatic rings. The first kappa shape index (κ1) is 15.9. The standard InChI is InChI=1S/C17H21Cl2NO2/c1-4-16(11(3)17(16,18)19)15(21)20-10(2)14-9-12-7-5-6-8-13(12)22-14/h5-8,10-11,14H,4,9H2,1-3H3,(H,20,21). The van der Waals surface area contributed by atoms with Gasteiger partial charge in [-0.2, -0.15) is 0 Å². The molecule has 0 spiro atoms. The monoisotopic (exact) mass is 341 g/mol. The van der Waals surface area contributed by atoms with Gasteiger partial charge in [-0.3, -0.25) is 4.79 Å². The van der Waals surface area contributed by atoms with Gasteiger partial charge in [0.2, 0.25) is 5.91 Å². The molecule has 1 amide bonds. The van der Waals surface area contributed by atoms with Crippen LogP contribution < -0.4 is 10.1 Å². The lowest BCUT2D eigenvalue weighted by Gasteiger charge is -2.24. The lowest BCUT2D eigenvalue weighted by molar-refractivity contribution is -0.128. The second-order valence-corrected chi connectivity index (χ2v) is 7.79. The smallest absolute Gasteiger partial charge is 0.229 e. The fourth-order valence-electron chi connectivity index (χ4n) is 3.61. The van der Waals surface area contributed by atoms with E-state index in [0.29, 0.717) is 6.42 Å². The molecule has 1 aliphatic heterocycles. The molecular weight excluding hydrogens is 321 g/mol. The van der Waals surface area contributed by atoms with Crippen molar-refractivity contribution in [1.29, 1.82) is 0 Å². The van der Waals surface area contributed by atoms with Crippen LogP contribution in [-0.2, 0) is 11.2 Å². The molecule has 120 valence electrons. The zero-order valence-electron chi connectivity index (χ0n) is 13.0. The Kier molecular flexibility index (Phi) is 3.85. The Labute approximate surface area is 141 Å².